The summed E-state index contributed by atoms with van der Waals surface area (Å²) in [5.74, 6) is -0.443. The van der Waals surface area contributed by atoms with Crippen molar-refractivity contribution in [3.63, 3.8) is 0 Å². The van der Waals surface area contributed by atoms with Crippen molar-refractivity contribution in [3.05, 3.63) is 18.2 Å². The number of amides is 1. The fourth-order valence-corrected chi connectivity index (χ4v) is 1.09. The number of hydrogen-bond donors (Lipinski definition) is 2. The fourth-order valence-electron chi connectivity index (χ4n) is 1.09. The van der Waals surface area contributed by atoms with Crippen LogP contribution in [0.4, 0.5) is 0 Å². The smallest absolute Gasteiger partial charge is 0.243 e. The Bertz CT molecular complexity index is 311. The van der Waals surface area contributed by atoms with Crippen molar-refractivity contribution in [1.82, 2.24) is 14.9 Å². The number of carbonyl (C=O) groups excluding carboxylic acids is 1. The molecule has 0 spiro atoms. The van der Waals surface area contributed by atoms with Crippen molar-refractivity contribution in [2.45, 2.75) is 6.54 Å². The lowest BCUT2D eigenvalue weighted by Gasteiger charge is -2.05. The number of imidazole rings is 1. The number of carbonyl (C=O) groups is 1. The van der Waals surface area contributed by atoms with Crippen LogP contribution in [0.25, 0.3) is 0 Å². The lowest BCUT2D eigenvalue weighted by atomic mass is 10.4. The standard InChI is InChI=1S/C9H16N4O2/c1-13-7-12-5-8(13)4-11-2-3-15-6-9(10)14/h5,7,11H,2-4,6H2,1H3,(H2,10,14). The van der Waals surface area contributed by atoms with E-state index in [1.165, 1.54) is 0 Å². The molecule has 0 saturated carbocycles. The number of nitrogens with two attached hydrogens (primary N) is 1. The van der Waals surface area contributed by atoms with Gasteiger partial charge >= 0.3 is 0 Å². The first-order valence-corrected chi connectivity index (χ1v) is 4.72. The maximum Gasteiger partial charge on any atom is 0.243 e. The van der Waals surface area contributed by atoms with Crippen LogP contribution in [0.1, 0.15) is 5.69 Å². The summed E-state index contributed by atoms with van der Waals surface area (Å²) in [7, 11) is 1.94. The summed E-state index contributed by atoms with van der Waals surface area (Å²) in [6.45, 7) is 1.86. The van der Waals surface area contributed by atoms with E-state index in [1.807, 2.05) is 11.6 Å². The zero-order chi connectivity index (χ0) is 11.1. The molecule has 0 unspecified atom stereocenters. The summed E-state index contributed by atoms with van der Waals surface area (Å²) in [4.78, 5) is 14.3. The van der Waals surface area contributed by atoms with Crippen molar-refractivity contribution in [3.8, 4) is 0 Å². The zero-order valence-electron chi connectivity index (χ0n) is 8.77. The highest BCUT2D eigenvalue weighted by Crippen LogP contribution is 1.94. The molecule has 0 aliphatic heterocycles. The Kier molecular flexibility index (Phi) is 4.79. The highest BCUT2D eigenvalue weighted by atomic mass is 16.5. The number of rotatable bonds is 7. The molecule has 0 fully saturated rings. The van der Waals surface area contributed by atoms with Crippen LogP contribution in [0, 0.1) is 0 Å². The number of ether oxygens (including phenoxy) is 1. The summed E-state index contributed by atoms with van der Waals surface area (Å²) < 4.78 is 6.93. The summed E-state index contributed by atoms with van der Waals surface area (Å²) in [5, 5.41) is 3.16. The molecule has 84 valence electrons. The Morgan fingerprint density at radius 2 is 2.53 bits per heavy atom. The van der Waals surface area contributed by atoms with Gasteiger partial charge < -0.3 is 20.4 Å². The first-order chi connectivity index (χ1) is 7.20. The van der Waals surface area contributed by atoms with Crippen LogP contribution in [0.15, 0.2) is 12.5 Å². The van der Waals surface area contributed by atoms with Gasteiger partial charge in [0.25, 0.3) is 0 Å². The molecule has 0 aliphatic carbocycles. The van der Waals surface area contributed by atoms with E-state index in [9.17, 15) is 4.79 Å². The molecular formula is C9H16N4O2. The van der Waals surface area contributed by atoms with E-state index < -0.39 is 5.91 Å². The van der Waals surface area contributed by atoms with Crippen LogP contribution in [0.2, 0.25) is 0 Å². The minimum absolute atomic E-state index is 0.0204. The maximum absolute atomic E-state index is 10.3. The van der Waals surface area contributed by atoms with Gasteiger partial charge in [-0.1, -0.05) is 0 Å². The Morgan fingerprint density at radius 1 is 1.73 bits per heavy atom. The lowest BCUT2D eigenvalue weighted by Crippen LogP contribution is -2.24. The Morgan fingerprint density at radius 3 is 3.13 bits per heavy atom. The second-order valence-corrected chi connectivity index (χ2v) is 3.19. The number of aryl methyl sites for hydroxylation is 1. The average Bonchev–Trinajstić information content (AvgIpc) is 2.57. The first kappa shape index (κ1) is 11.7. The monoisotopic (exact) mass is 212 g/mol. The number of nitrogens with one attached hydrogen (secondary N) is 1. The van der Waals surface area contributed by atoms with Crippen molar-refractivity contribution in [2.75, 3.05) is 19.8 Å². The second kappa shape index (κ2) is 6.15. The molecule has 6 nitrogen and oxygen atoms in total. The molecule has 0 aliphatic rings. The summed E-state index contributed by atoms with van der Waals surface area (Å²) >= 11 is 0. The quantitative estimate of drug-likeness (QED) is 0.569. The number of hydrogen-bond acceptors (Lipinski definition) is 4. The van der Waals surface area contributed by atoms with Crippen LogP contribution >= 0.6 is 0 Å². The van der Waals surface area contributed by atoms with Gasteiger partial charge in [-0.3, -0.25) is 4.79 Å². The van der Waals surface area contributed by atoms with Crippen LogP contribution < -0.4 is 11.1 Å². The maximum atomic E-state index is 10.3. The molecule has 6 heteroatoms. The topological polar surface area (TPSA) is 82.2 Å². The third-order valence-electron chi connectivity index (χ3n) is 1.89. The van der Waals surface area contributed by atoms with Gasteiger partial charge in [-0.25, -0.2) is 4.98 Å². The summed E-state index contributed by atoms with van der Waals surface area (Å²) in [6, 6.07) is 0. The van der Waals surface area contributed by atoms with E-state index in [-0.39, 0.29) is 6.61 Å². The highest BCUT2D eigenvalue weighted by Gasteiger charge is 1.97. The van der Waals surface area contributed by atoms with Crippen molar-refractivity contribution in [2.24, 2.45) is 12.8 Å². The van der Waals surface area contributed by atoms with Crippen LogP contribution in [-0.4, -0.2) is 35.2 Å². The normalized spacial score (nSPS) is 10.5. The largest absolute Gasteiger partial charge is 0.370 e. The SMILES string of the molecule is Cn1cncc1CNCCOCC(N)=O. The van der Waals surface area contributed by atoms with Gasteiger partial charge in [-0.2, -0.15) is 0 Å². The van der Waals surface area contributed by atoms with Crippen LogP contribution in [0.5, 0.6) is 0 Å². The lowest BCUT2D eigenvalue weighted by molar-refractivity contribution is -0.122. The molecule has 0 aromatic carbocycles. The summed E-state index contributed by atoms with van der Waals surface area (Å²) in [6.07, 6.45) is 3.55. The van der Waals surface area contributed by atoms with Gasteiger partial charge in [0.2, 0.25) is 5.91 Å². The molecule has 0 atom stereocenters. The third-order valence-corrected chi connectivity index (χ3v) is 1.89. The Hall–Kier alpha value is -1.40. The van der Waals surface area contributed by atoms with Crippen LogP contribution in [-0.2, 0) is 23.1 Å². The van der Waals surface area contributed by atoms with Crippen molar-refractivity contribution in [1.29, 1.82) is 0 Å². The van der Waals surface area contributed by atoms with E-state index in [0.29, 0.717) is 13.2 Å². The molecule has 1 aromatic heterocycles. The summed E-state index contributed by atoms with van der Waals surface area (Å²) in [5.41, 5.74) is 6.01. The molecular weight excluding hydrogens is 196 g/mol. The minimum atomic E-state index is -0.443. The second-order valence-electron chi connectivity index (χ2n) is 3.19. The van der Waals surface area contributed by atoms with Crippen LogP contribution in [0.3, 0.4) is 0 Å². The predicted molar refractivity (Wildman–Crippen MR) is 54.9 cm³/mol. The fraction of sp³-hybridized carbons (Fsp3) is 0.556. The van der Waals surface area contributed by atoms with Gasteiger partial charge in [-0.05, 0) is 0 Å². The molecule has 0 bridgehead atoms. The van der Waals surface area contributed by atoms with Gasteiger partial charge in [0.05, 0.1) is 18.6 Å². The van der Waals surface area contributed by atoms with E-state index in [1.54, 1.807) is 12.5 Å². The molecule has 0 saturated heterocycles. The number of nitrogens with zero attached hydrogens (tertiary/aromatic N) is 2. The van der Waals surface area contributed by atoms with Gasteiger partial charge in [0, 0.05) is 26.3 Å². The van der Waals surface area contributed by atoms with E-state index in [2.05, 4.69) is 10.3 Å². The van der Waals surface area contributed by atoms with E-state index >= 15 is 0 Å². The van der Waals surface area contributed by atoms with Gasteiger partial charge in [0.1, 0.15) is 6.61 Å². The van der Waals surface area contributed by atoms with Crippen molar-refractivity contribution >= 4 is 5.91 Å². The molecule has 1 heterocycles. The average molecular weight is 212 g/mol. The van der Waals surface area contributed by atoms with E-state index in [4.69, 9.17) is 10.5 Å². The molecule has 1 aromatic rings. The molecule has 0 radical (unpaired) electrons. The molecule has 1 rings (SSSR count). The zero-order valence-corrected chi connectivity index (χ0v) is 8.77. The minimum Gasteiger partial charge on any atom is -0.370 e. The van der Waals surface area contributed by atoms with Gasteiger partial charge in [0.15, 0.2) is 0 Å². The van der Waals surface area contributed by atoms with E-state index in [0.717, 1.165) is 12.2 Å². The first-order valence-electron chi connectivity index (χ1n) is 4.72. The highest BCUT2D eigenvalue weighted by molar-refractivity contribution is 5.74. The van der Waals surface area contributed by atoms with Crippen molar-refractivity contribution < 1.29 is 9.53 Å². The molecule has 15 heavy (non-hydrogen) atoms. The van der Waals surface area contributed by atoms with Gasteiger partial charge in [-0.15, -0.1) is 0 Å². The molecule has 3 N–H and O–H groups in total. The number of aromatic nitrogens is 2. The third kappa shape index (κ3) is 4.57. The molecule has 1 amide bonds. The number of primary amides is 1. The Balaban J connectivity index is 2.03. The predicted octanol–water partition coefficient (Wildman–Crippen LogP) is -0.988. The Labute approximate surface area is 88.4 Å².